The fraction of sp³-hybridized carbons (Fsp3) is 0.588. The molecule has 0 spiro atoms. The molecule has 1 N–H and O–H groups in total. The van der Waals surface area contributed by atoms with E-state index in [9.17, 15) is 9.59 Å². The fourth-order valence-electron chi connectivity index (χ4n) is 4.04. The number of amides is 1. The first kappa shape index (κ1) is 17.9. The minimum Gasteiger partial charge on any atom is -0.343 e. The quantitative estimate of drug-likeness (QED) is 0.879. The summed E-state index contributed by atoms with van der Waals surface area (Å²) in [4.78, 5) is 26.7. The molecule has 2 atom stereocenters. The predicted octanol–water partition coefficient (Wildman–Crippen LogP) is 1.05. The van der Waals surface area contributed by atoms with Crippen LogP contribution in [0.4, 0.5) is 0 Å². The van der Waals surface area contributed by atoms with E-state index in [2.05, 4.69) is 10.4 Å². The molecular weight excluding hydrogens is 342 g/mol. The van der Waals surface area contributed by atoms with Crippen LogP contribution >= 0.6 is 12.4 Å². The SMILES string of the molecule is CN(C(=O)CCn1nc2ccccn2c1=O)C1CC2CCC(C1)N2.Cl. The highest BCUT2D eigenvalue weighted by molar-refractivity contribution is 5.85. The number of aryl methyl sites for hydroxylation is 1. The van der Waals surface area contributed by atoms with Gasteiger partial charge in [-0.15, -0.1) is 17.5 Å². The van der Waals surface area contributed by atoms with Crippen molar-refractivity contribution in [3.63, 3.8) is 0 Å². The molecule has 7 nitrogen and oxygen atoms in total. The van der Waals surface area contributed by atoms with Gasteiger partial charge in [-0.2, -0.15) is 0 Å². The third-order valence-corrected chi connectivity index (χ3v) is 5.42. The summed E-state index contributed by atoms with van der Waals surface area (Å²) in [6.45, 7) is 0.321. The van der Waals surface area contributed by atoms with Crippen molar-refractivity contribution in [1.82, 2.24) is 24.4 Å². The molecule has 4 rings (SSSR count). The summed E-state index contributed by atoms with van der Waals surface area (Å²) >= 11 is 0. The Kier molecular flexibility index (Phi) is 5.15. The van der Waals surface area contributed by atoms with Crippen LogP contribution in [0.3, 0.4) is 0 Å². The number of nitrogens with zero attached hydrogens (tertiary/aromatic N) is 4. The molecule has 4 heterocycles. The molecule has 0 aromatic carbocycles. The van der Waals surface area contributed by atoms with E-state index >= 15 is 0 Å². The number of carbonyl (C=O) groups excluding carboxylic acids is 1. The lowest BCUT2D eigenvalue weighted by Crippen LogP contribution is -2.48. The lowest BCUT2D eigenvalue weighted by atomic mass is 9.98. The van der Waals surface area contributed by atoms with E-state index in [-0.39, 0.29) is 24.0 Å². The van der Waals surface area contributed by atoms with Crippen LogP contribution in [0.15, 0.2) is 29.2 Å². The van der Waals surface area contributed by atoms with Crippen LogP contribution in [0.5, 0.6) is 0 Å². The van der Waals surface area contributed by atoms with E-state index in [4.69, 9.17) is 0 Å². The second-order valence-electron chi connectivity index (χ2n) is 6.95. The Morgan fingerprint density at radius 2 is 2.04 bits per heavy atom. The summed E-state index contributed by atoms with van der Waals surface area (Å²) in [5.41, 5.74) is 0.416. The molecular formula is C17H24ClN5O2. The van der Waals surface area contributed by atoms with Gasteiger partial charge in [0.25, 0.3) is 0 Å². The Morgan fingerprint density at radius 1 is 1.32 bits per heavy atom. The maximum absolute atomic E-state index is 12.5. The van der Waals surface area contributed by atoms with Crippen molar-refractivity contribution in [2.24, 2.45) is 0 Å². The van der Waals surface area contributed by atoms with Crippen LogP contribution in [0, 0.1) is 0 Å². The van der Waals surface area contributed by atoms with Crippen LogP contribution in [0.1, 0.15) is 32.1 Å². The summed E-state index contributed by atoms with van der Waals surface area (Å²) in [7, 11) is 1.89. The minimum absolute atomic E-state index is 0. The molecule has 136 valence electrons. The maximum Gasteiger partial charge on any atom is 0.350 e. The molecule has 2 aliphatic rings. The van der Waals surface area contributed by atoms with Crippen molar-refractivity contribution in [2.45, 2.75) is 56.8 Å². The number of fused-ring (bicyclic) bond motifs is 3. The van der Waals surface area contributed by atoms with Gasteiger partial charge in [-0.3, -0.25) is 9.20 Å². The van der Waals surface area contributed by atoms with E-state index in [1.54, 1.807) is 18.3 Å². The summed E-state index contributed by atoms with van der Waals surface area (Å²) in [6.07, 6.45) is 6.51. The molecule has 25 heavy (non-hydrogen) atoms. The van der Waals surface area contributed by atoms with Crippen LogP contribution < -0.4 is 11.0 Å². The first-order valence-electron chi connectivity index (χ1n) is 8.68. The Hall–Kier alpha value is -1.86. The van der Waals surface area contributed by atoms with Gasteiger partial charge in [-0.1, -0.05) is 6.07 Å². The van der Waals surface area contributed by atoms with Crippen LogP contribution in [0.25, 0.3) is 5.65 Å². The lowest BCUT2D eigenvalue weighted by Gasteiger charge is -2.35. The van der Waals surface area contributed by atoms with Crippen molar-refractivity contribution >= 4 is 24.0 Å². The van der Waals surface area contributed by atoms with Crippen molar-refractivity contribution in [2.75, 3.05) is 7.05 Å². The molecule has 2 aliphatic heterocycles. The topological polar surface area (TPSA) is 71.6 Å². The zero-order chi connectivity index (χ0) is 16.7. The van der Waals surface area contributed by atoms with Gasteiger partial charge in [0.1, 0.15) is 0 Å². The van der Waals surface area contributed by atoms with Crippen molar-refractivity contribution in [3.05, 3.63) is 34.9 Å². The molecule has 2 fully saturated rings. The number of aromatic nitrogens is 3. The summed E-state index contributed by atoms with van der Waals surface area (Å²) < 4.78 is 2.88. The molecule has 2 saturated heterocycles. The molecule has 2 aromatic rings. The highest BCUT2D eigenvalue weighted by Crippen LogP contribution is 2.29. The number of hydrogen-bond acceptors (Lipinski definition) is 4. The standard InChI is InChI=1S/C17H23N5O2.ClH/c1-20(14-10-12-5-6-13(11-14)18-12)16(23)7-9-22-17(24)21-8-3-2-4-15(21)19-22;/h2-4,8,12-14,18H,5-7,9-11H2,1H3;1H. The number of carbonyl (C=O) groups is 1. The van der Waals surface area contributed by atoms with E-state index in [1.807, 2.05) is 18.0 Å². The number of nitrogens with one attached hydrogen (secondary N) is 1. The molecule has 8 heteroatoms. The zero-order valence-electron chi connectivity index (χ0n) is 14.3. The second kappa shape index (κ2) is 7.17. The third-order valence-electron chi connectivity index (χ3n) is 5.42. The second-order valence-corrected chi connectivity index (χ2v) is 6.95. The largest absolute Gasteiger partial charge is 0.350 e. The number of piperidine rings is 1. The van der Waals surface area contributed by atoms with Gasteiger partial charge in [-0.05, 0) is 37.8 Å². The summed E-state index contributed by atoms with van der Waals surface area (Å²) in [6, 6.07) is 6.86. The molecule has 2 unspecified atom stereocenters. The van der Waals surface area contributed by atoms with E-state index in [1.165, 1.54) is 21.9 Å². The fourth-order valence-corrected chi connectivity index (χ4v) is 4.04. The van der Waals surface area contributed by atoms with Gasteiger partial charge in [-0.25, -0.2) is 9.48 Å². The van der Waals surface area contributed by atoms with Crippen LogP contribution in [-0.4, -0.2) is 50.2 Å². The van der Waals surface area contributed by atoms with Crippen molar-refractivity contribution in [1.29, 1.82) is 0 Å². The molecule has 1 amide bonds. The Labute approximate surface area is 152 Å². The van der Waals surface area contributed by atoms with Gasteiger partial charge in [0.2, 0.25) is 5.91 Å². The molecule has 2 bridgehead atoms. The lowest BCUT2D eigenvalue weighted by molar-refractivity contribution is -0.133. The summed E-state index contributed by atoms with van der Waals surface area (Å²) in [5, 5.41) is 7.87. The monoisotopic (exact) mass is 365 g/mol. The molecule has 0 radical (unpaired) electrons. The highest BCUT2D eigenvalue weighted by Gasteiger charge is 2.36. The normalized spacial score (nSPS) is 24.9. The van der Waals surface area contributed by atoms with Crippen LogP contribution in [0.2, 0.25) is 0 Å². The molecule has 0 aliphatic carbocycles. The first-order chi connectivity index (χ1) is 11.6. The number of hydrogen-bond donors (Lipinski definition) is 1. The number of rotatable bonds is 4. The van der Waals surface area contributed by atoms with Crippen molar-refractivity contribution < 1.29 is 4.79 Å². The Bertz CT molecular complexity index is 805. The van der Waals surface area contributed by atoms with E-state index in [0.717, 1.165) is 12.8 Å². The average Bonchev–Trinajstić information content (AvgIpc) is 3.11. The Balaban J connectivity index is 0.00000182. The Morgan fingerprint density at radius 3 is 2.72 bits per heavy atom. The highest BCUT2D eigenvalue weighted by atomic mass is 35.5. The predicted molar refractivity (Wildman–Crippen MR) is 97.1 cm³/mol. The third kappa shape index (κ3) is 3.43. The van der Waals surface area contributed by atoms with E-state index in [0.29, 0.717) is 36.7 Å². The van der Waals surface area contributed by atoms with Crippen molar-refractivity contribution in [3.8, 4) is 0 Å². The molecule has 2 aromatic heterocycles. The summed E-state index contributed by atoms with van der Waals surface area (Å²) in [5.74, 6) is 0.0882. The van der Waals surface area contributed by atoms with Gasteiger partial charge in [0.15, 0.2) is 5.65 Å². The first-order valence-corrected chi connectivity index (χ1v) is 8.68. The van der Waals surface area contributed by atoms with Gasteiger partial charge in [0.05, 0.1) is 6.54 Å². The molecule has 0 saturated carbocycles. The van der Waals surface area contributed by atoms with E-state index < -0.39 is 0 Å². The van der Waals surface area contributed by atoms with Gasteiger partial charge in [0, 0.05) is 37.8 Å². The zero-order valence-corrected chi connectivity index (χ0v) is 15.1. The minimum atomic E-state index is -0.194. The number of halogens is 1. The van der Waals surface area contributed by atoms with Crippen LogP contribution in [-0.2, 0) is 11.3 Å². The smallest absolute Gasteiger partial charge is 0.343 e. The number of pyridine rings is 1. The van der Waals surface area contributed by atoms with Gasteiger partial charge < -0.3 is 10.2 Å². The maximum atomic E-state index is 12.5. The average molecular weight is 366 g/mol. The van der Waals surface area contributed by atoms with Gasteiger partial charge >= 0.3 is 5.69 Å².